The molecule has 0 aliphatic carbocycles. The summed E-state index contributed by atoms with van der Waals surface area (Å²) in [6.45, 7) is 12.0. The molecule has 1 aliphatic heterocycles. The van der Waals surface area contributed by atoms with Crippen molar-refractivity contribution in [2.45, 2.75) is 59.2 Å². The van der Waals surface area contributed by atoms with Gasteiger partial charge in [-0.15, -0.1) is 0 Å². The Morgan fingerprint density at radius 3 is 2.04 bits per heavy atom. The lowest BCUT2D eigenvalue weighted by Gasteiger charge is -2.32. The van der Waals surface area contributed by atoms with Gasteiger partial charge < -0.3 is 14.6 Å². The SMILES string of the molecule is CC(C)=C(CC(=O)Nc1ccccc1)B1OC(C)(C)C(C)(C)O1. The highest BCUT2D eigenvalue weighted by Crippen LogP contribution is 2.39. The molecule has 0 atom stereocenters. The van der Waals surface area contributed by atoms with Crippen molar-refractivity contribution in [2.75, 3.05) is 5.32 Å². The predicted octanol–water partition coefficient (Wildman–Crippen LogP) is 3.98. The van der Waals surface area contributed by atoms with Gasteiger partial charge in [-0.2, -0.15) is 0 Å². The van der Waals surface area contributed by atoms with Gasteiger partial charge in [-0.3, -0.25) is 4.79 Å². The van der Waals surface area contributed by atoms with E-state index in [-0.39, 0.29) is 12.3 Å². The van der Waals surface area contributed by atoms with Crippen molar-refractivity contribution >= 4 is 18.7 Å². The zero-order chi connectivity index (χ0) is 17.3. The van der Waals surface area contributed by atoms with Gasteiger partial charge in [0.15, 0.2) is 0 Å². The minimum atomic E-state index is -0.480. The minimum absolute atomic E-state index is 0.0675. The molecule has 1 aromatic carbocycles. The third-order valence-corrected chi connectivity index (χ3v) is 4.59. The second kappa shape index (κ2) is 6.50. The summed E-state index contributed by atoms with van der Waals surface area (Å²) in [5.41, 5.74) is 1.91. The number of hydrogen-bond acceptors (Lipinski definition) is 3. The number of allylic oxidation sites excluding steroid dienone is 1. The van der Waals surface area contributed by atoms with Crippen LogP contribution in [0, 0.1) is 0 Å². The van der Waals surface area contributed by atoms with Crippen LogP contribution in [0.1, 0.15) is 48.0 Å². The van der Waals surface area contributed by atoms with Gasteiger partial charge in [0, 0.05) is 12.1 Å². The number of nitrogens with one attached hydrogen (secondary N) is 1. The monoisotopic (exact) mass is 315 g/mol. The van der Waals surface area contributed by atoms with Crippen LogP contribution < -0.4 is 5.32 Å². The van der Waals surface area contributed by atoms with E-state index in [4.69, 9.17) is 9.31 Å². The van der Waals surface area contributed by atoms with Crippen molar-refractivity contribution in [1.82, 2.24) is 0 Å². The third-order valence-electron chi connectivity index (χ3n) is 4.59. The normalized spacial score (nSPS) is 18.6. The van der Waals surface area contributed by atoms with E-state index < -0.39 is 18.3 Å². The number of benzene rings is 1. The lowest BCUT2D eigenvalue weighted by Crippen LogP contribution is -2.41. The molecule has 124 valence electrons. The second-order valence-corrected chi connectivity index (χ2v) is 7.20. The van der Waals surface area contributed by atoms with Gasteiger partial charge in [0.2, 0.25) is 5.91 Å². The van der Waals surface area contributed by atoms with Crippen molar-refractivity contribution in [3.05, 3.63) is 41.4 Å². The van der Waals surface area contributed by atoms with Crippen LogP contribution in [0.3, 0.4) is 0 Å². The lowest BCUT2D eigenvalue weighted by molar-refractivity contribution is -0.115. The number of carbonyl (C=O) groups is 1. The van der Waals surface area contributed by atoms with Crippen LogP contribution in [0.5, 0.6) is 0 Å². The molecule has 0 unspecified atom stereocenters. The number of amides is 1. The van der Waals surface area contributed by atoms with Crippen LogP contribution in [0.25, 0.3) is 0 Å². The van der Waals surface area contributed by atoms with Crippen molar-refractivity contribution in [2.24, 2.45) is 0 Å². The van der Waals surface area contributed by atoms with Gasteiger partial charge in [-0.05, 0) is 59.1 Å². The predicted molar refractivity (Wildman–Crippen MR) is 94.1 cm³/mol. The molecule has 1 amide bonds. The van der Waals surface area contributed by atoms with Crippen LogP contribution in [0.15, 0.2) is 41.4 Å². The van der Waals surface area contributed by atoms with Crippen LogP contribution in [0.4, 0.5) is 5.69 Å². The molecule has 1 N–H and O–H groups in total. The molecule has 4 nitrogen and oxygen atoms in total. The molecule has 1 heterocycles. The van der Waals surface area contributed by atoms with E-state index in [1.807, 2.05) is 71.9 Å². The minimum Gasteiger partial charge on any atom is -0.400 e. The summed E-state index contributed by atoms with van der Waals surface area (Å²) in [7, 11) is -0.480. The molecule has 1 saturated heterocycles. The smallest absolute Gasteiger partial charge is 0.400 e. The van der Waals surface area contributed by atoms with Crippen molar-refractivity contribution in [3.63, 3.8) is 0 Å². The Hall–Kier alpha value is -1.59. The highest BCUT2D eigenvalue weighted by Gasteiger charge is 2.52. The van der Waals surface area contributed by atoms with Crippen LogP contribution in [-0.2, 0) is 14.1 Å². The summed E-state index contributed by atoms with van der Waals surface area (Å²) < 4.78 is 12.2. The molecule has 0 aromatic heterocycles. The average molecular weight is 315 g/mol. The third kappa shape index (κ3) is 4.04. The number of carbonyl (C=O) groups excluding carboxylic acids is 1. The van der Waals surface area contributed by atoms with E-state index in [9.17, 15) is 4.79 Å². The average Bonchev–Trinajstić information content (AvgIpc) is 2.65. The van der Waals surface area contributed by atoms with Crippen LogP contribution >= 0.6 is 0 Å². The number of hydrogen-bond donors (Lipinski definition) is 1. The molecule has 0 radical (unpaired) electrons. The van der Waals surface area contributed by atoms with E-state index in [0.29, 0.717) is 0 Å². The fourth-order valence-corrected chi connectivity index (χ4v) is 2.38. The molecular formula is C18H26BNO3. The van der Waals surface area contributed by atoms with Gasteiger partial charge in [0.1, 0.15) is 0 Å². The maximum Gasteiger partial charge on any atom is 0.491 e. The first kappa shape index (κ1) is 17.8. The highest BCUT2D eigenvalue weighted by atomic mass is 16.7. The Balaban J connectivity index is 2.10. The van der Waals surface area contributed by atoms with Crippen molar-refractivity contribution in [3.8, 4) is 0 Å². The summed E-state index contributed by atoms with van der Waals surface area (Å²) in [6, 6.07) is 9.45. The zero-order valence-electron chi connectivity index (χ0n) is 14.9. The van der Waals surface area contributed by atoms with E-state index in [1.165, 1.54) is 0 Å². The van der Waals surface area contributed by atoms with Crippen LogP contribution in [0.2, 0.25) is 0 Å². The second-order valence-electron chi connectivity index (χ2n) is 7.20. The number of para-hydroxylation sites is 1. The molecule has 0 bridgehead atoms. The molecule has 1 aliphatic rings. The van der Waals surface area contributed by atoms with E-state index in [1.54, 1.807) is 0 Å². The van der Waals surface area contributed by atoms with E-state index in [2.05, 4.69) is 5.32 Å². The standard InChI is InChI=1S/C18H26BNO3/c1-13(2)15(19-22-17(3,4)18(5,6)23-19)12-16(21)20-14-10-8-7-9-11-14/h7-11H,12H2,1-6H3,(H,20,21). The molecule has 23 heavy (non-hydrogen) atoms. The van der Waals surface area contributed by atoms with Gasteiger partial charge in [-0.1, -0.05) is 23.8 Å². The maximum absolute atomic E-state index is 12.4. The summed E-state index contributed by atoms with van der Waals surface area (Å²) in [5, 5.41) is 2.91. The molecule has 1 aromatic rings. The van der Waals surface area contributed by atoms with Crippen molar-refractivity contribution in [1.29, 1.82) is 0 Å². The highest BCUT2D eigenvalue weighted by molar-refractivity contribution is 6.55. The quantitative estimate of drug-likeness (QED) is 0.855. The Bertz CT molecular complexity index is 588. The molecule has 1 fully saturated rings. The fourth-order valence-electron chi connectivity index (χ4n) is 2.38. The number of anilines is 1. The lowest BCUT2D eigenvalue weighted by atomic mass is 9.73. The largest absolute Gasteiger partial charge is 0.491 e. The summed E-state index contributed by atoms with van der Waals surface area (Å²) in [4.78, 5) is 12.4. The maximum atomic E-state index is 12.4. The first-order chi connectivity index (χ1) is 10.6. The molecule has 5 heteroatoms. The van der Waals surface area contributed by atoms with Crippen molar-refractivity contribution < 1.29 is 14.1 Å². The fraction of sp³-hybridized carbons (Fsp3) is 0.500. The Morgan fingerprint density at radius 2 is 1.57 bits per heavy atom. The van der Waals surface area contributed by atoms with Gasteiger partial charge >= 0.3 is 7.12 Å². The summed E-state index contributed by atoms with van der Waals surface area (Å²) >= 11 is 0. The molecule has 2 rings (SSSR count). The summed E-state index contributed by atoms with van der Waals surface area (Å²) in [6.07, 6.45) is 0.258. The van der Waals surface area contributed by atoms with Gasteiger partial charge in [0.05, 0.1) is 11.2 Å². The first-order valence-corrected chi connectivity index (χ1v) is 7.99. The van der Waals surface area contributed by atoms with Crippen LogP contribution in [-0.4, -0.2) is 24.2 Å². The van der Waals surface area contributed by atoms with Gasteiger partial charge in [-0.25, -0.2) is 0 Å². The summed E-state index contributed by atoms with van der Waals surface area (Å²) in [5.74, 6) is -0.0675. The topological polar surface area (TPSA) is 47.6 Å². The Morgan fingerprint density at radius 1 is 1.04 bits per heavy atom. The van der Waals surface area contributed by atoms with E-state index in [0.717, 1.165) is 16.7 Å². The van der Waals surface area contributed by atoms with Gasteiger partial charge in [0.25, 0.3) is 0 Å². The first-order valence-electron chi connectivity index (χ1n) is 7.99. The molecular weight excluding hydrogens is 289 g/mol. The molecule has 0 saturated carbocycles. The Kier molecular flexibility index (Phi) is 5.02. The number of rotatable bonds is 4. The Labute approximate surface area is 139 Å². The molecule has 0 spiro atoms. The zero-order valence-corrected chi connectivity index (χ0v) is 14.9. The van der Waals surface area contributed by atoms with E-state index >= 15 is 0 Å².